The average Bonchev–Trinajstić information content (AvgIpc) is 2.81. The lowest BCUT2D eigenvalue weighted by atomic mass is 9.92. The van der Waals surface area contributed by atoms with Gasteiger partial charge in [0.05, 0.1) is 11.3 Å². The number of hydrogen-bond donors (Lipinski definition) is 1. The highest BCUT2D eigenvalue weighted by Crippen LogP contribution is 2.32. The molecule has 2 aromatic carbocycles. The molecule has 2 amide bonds. The SMILES string of the molecule is Cc1ccc(-c2ccc3c(c2)C(=O)N2CCN(CCC(C)(C)C)CC2C(=O)N3)c(F)c1. The third-order valence-electron chi connectivity index (χ3n) is 6.15. The molecule has 1 saturated heterocycles. The van der Waals surface area contributed by atoms with E-state index in [1.165, 1.54) is 6.07 Å². The zero-order chi connectivity index (χ0) is 22.3. The van der Waals surface area contributed by atoms with E-state index in [4.69, 9.17) is 0 Å². The number of amides is 2. The molecule has 6 heteroatoms. The second-order valence-corrected chi connectivity index (χ2v) is 9.86. The van der Waals surface area contributed by atoms with E-state index in [-0.39, 0.29) is 23.0 Å². The molecule has 1 N–H and O–H groups in total. The first-order valence-corrected chi connectivity index (χ1v) is 10.9. The summed E-state index contributed by atoms with van der Waals surface area (Å²) in [4.78, 5) is 30.3. The van der Waals surface area contributed by atoms with E-state index >= 15 is 0 Å². The Bertz CT molecular complexity index is 1030. The minimum Gasteiger partial charge on any atom is -0.324 e. The standard InChI is InChI=1S/C25H30FN3O2/c1-16-5-7-18(20(26)13-16)17-6-8-21-19(14-17)24(31)29-12-11-28(10-9-25(2,3)4)15-22(29)23(30)27-21/h5-8,13-14,22H,9-12,15H2,1-4H3,(H,27,30). The molecule has 5 nitrogen and oxygen atoms in total. The fourth-order valence-corrected chi connectivity index (χ4v) is 4.23. The van der Waals surface area contributed by atoms with Crippen LogP contribution < -0.4 is 5.32 Å². The van der Waals surface area contributed by atoms with Gasteiger partial charge < -0.3 is 10.2 Å². The predicted octanol–water partition coefficient (Wildman–Crippen LogP) is 4.32. The van der Waals surface area contributed by atoms with Gasteiger partial charge in [-0.25, -0.2) is 4.39 Å². The summed E-state index contributed by atoms with van der Waals surface area (Å²) in [7, 11) is 0. The van der Waals surface area contributed by atoms with Crippen molar-refractivity contribution in [2.24, 2.45) is 5.41 Å². The quantitative estimate of drug-likeness (QED) is 0.800. The molecule has 4 rings (SSSR count). The van der Waals surface area contributed by atoms with Crippen molar-refractivity contribution < 1.29 is 14.0 Å². The second kappa shape index (κ2) is 8.08. The fraction of sp³-hybridized carbons (Fsp3) is 0.440. The molecule has 2 aliphatic heterocycles. The lowest BCUT2D eigenvalue weighted by Crippen LogP contribution is -2.58. The maximum absolute atomic E-state index is 14.5. The Hall–Kier alpha value is -2.73. The fourth-order valence-electron chi connectivity index (χ4n) is 4.23. The number of rotatable bonds is 3. The summed E-state index contributed by atoms with van der Waals surface area (Å²) in [6.07, 6.45) is 1.03. The number of benzene rings is 2. The first-order valence-electron chi connectivity index (χ1n) is 10.9. The molecule has 164 valence electrons. The monoisotopic (exact) mass is 423 g/mol. The minimum atomic E-state index is -0.520. The van der Waals surface area contributed by atoms with Gasteiger partial charge >= 0.3 is 0 Å². The third kappa shape index (κ3) is 4.49. The first-order chi connectivity index (χ1) is 14.6. The van der Waals surface area contributed by atoms with Crippen molar-refractivity contribution in [3.8, 4) is 11.1 Å². The normalized spacial score (nSPS) is 19.5. The highest BCUT2D eigenvalue weighted by molar-refractivity contribution is 6.10. The molecule has 2 heterocycles. The van der Waals surface area contributed by atoms with Gasteiger partial charge in [0.25, 0.3) is 5.91 Å². The summed E-state index contributed by atoms with van der Waals surface area (Å²) < 4.78 is 14.5. The number of carbonyl (C=O) groups excluding carboxylic acids is 2. The summed E-state index contributed by atoms with van der Waals surface area (Å²) in [6, 6.07) is 9.68. The van der Waals surface area contributed by atoms with Crippen LogP contribution in [0.5, 0.6) is 0 Å². The highest BCUT2D eigenvalue weighted by Gasteiger charge is 2.39. The summed E-state index contributed by atoms with van der Waals surface area (Å²) >= 11 is 0. The van der Waals surface area contributed by atoms with Crippen LogP contribution in [0.3, 0.4) is 0 Å². The van der Waals surface area contributed by atoms with E-state index in [1.54, 1.807) is 29.2 Å². The van der Waals surface area contributed by atoms with E-state index in [9.17, 15) is 14.0 Å². The number of nitrogens with one attached hydrogen (secondary N) is 1. The molecule has 1 atom stereocenters. The topological polar surface area (TPSA) is 52.7 Å². The Balaban J connectivity index is 1.60. The number of anilines is 1. The van der Waals surface area contributed by atoms with Gasteiger partial charge in [0.2, 0.25) is 5.91 Å². The number of halogens is 1. The minimum absolute atomic E-state index is 0.165. The van der Waals surface area contributed by atoms with E-state index in [1.807, 2.05) is 13.0 Å². The van der Waals surface area contributed by atoms with E-state index < -0.39 is 6.04 Å². The smallest absolute Gasteiger partial charge is 0.256 e. The molecule has 0 saturated carbocycles. The van der Waals surface area contributed by atoms with Crippen LogP contribution in [-0.4, -0.2) is 53.8 Å². The Labute approximate surface area is 183 Å². The van der Waals surface area contributed by atoms with Crippen LogP contribution in [0.4, 0.5) is 10.1 Å². The van der Waals surface area contributed by atoms with Crippen molar-refractivity contribution in [2.45, 2.75) is 40.2 Å². The Morgan fingerprint density at radius 1 is 1.06 bits per heavy atom. The van der Waals surface area contributed by atoms with Crippen molar-refractivity contribution in [3.63, 3.8) is 0 Å². The summed E-state index contributed by atoms with van der Waals surface area (Å²) in [5.74, 6) is -0.666. The van der Waals surface area contributed by atoms with E-state index in [2.05, 4.69) is 31.0 Å². The van der Waals surface area contributed by atoms with Crippen molar-refractivity contribution in [2.75, 3.05) is 31.5 Å². The van der Waals surface area contributed by atoms with Crippen LogP contribution in [0.1, 0.15) is 43.1 Å². The summed E-state index contributed by atoms with van der Waals surface area (Å²) in [5.41, 5.74) is 3.03. The van der Waals surface area contributed by atoms with Gasteiger partial charge in [-0.2, -0.15) is 0 Å². The molecular formula is C25H30FN3O2. The van der Waals surface area contributed by atoms with Crippen molar-refractivity contribution in [3.05, 3.63) is 53.3 Å². The maximum Gasteiger partial charge on any atom is 0.256 e. The van der Waals surface area contributed by atoms with Gasteiger partial charge in [-0.3, -0.25) is 14.5 Å². The van der Waals surface area contributed by atoms with Gasteiger partial charge in [-0.1, -0.05) is 39.0 Å². The molecule has 1 fully saturated rings. The van der Waals surface area contributed by atoms with Gasteiger partial charge in [0.15, 0.2) is 0 Å². The molecule has 0 aromatic heterocycles. The van der Waals surface area contributed by atoms with E-state index in [0.29, 0.717) is 35.5 Å². The molecular weight excluding hydrogens is 393 g/mol. The Morgan fingerprint density at radius 2 is 1.84 bits per heavy atom. The molecule has 0 radical (unpaired) electrons. The molecule has 1 unspecified atom stereocenters. The molecule has 0 bridgehead atoms. The predicted molar refractivity (Wildman–Crippen MR) is 121 cm³/mol. The number of hydrogen-bond acceptors (Lipinski definition) is 3. The van der Waals surface area contributed by atoms with Gasteiger partial charge in [-0.05, 0) is 54.6 Å². The molecule has 31 heavy (non-hydrogen) atoms. The third-order valence-corrected chi connectivity index (χ3v) is 6.15. The number of piperazine rings is 1. The molecule has 0 aliphatic carbocycles. The maximum atomic E-state index is 14.5. The molecule has 2 aromatic rings. The summed E-state index contributed by atoms with van der Waals surface area (Å²) in [5, 5.41) is 2.93. The van der Waals surface area contributed by atoms with Gasteiger partial charge in [-0.15, -0.1) is 0 Å². The Kier molecular flexibility index (Phi) is 5.60. The molecule has 2 aliphatic rings. The average molecular weight is 424 g/mol. The molecule has 0 spiro atoms. The van der Waals surface area contributed by atoms with E-state index in [0.717, 1.165) is 25.1 Å². The van der Waals surface area contributed by atoms with Crippen LogP contribution in [0.25, 0.3) is 11.1 Å². The van der Waals surface area contributed by atoms with Crippen molar-refractivity contribution in [1.29, 1.82) is 0 Å². The van der Waals surface area contributed by atoms with Crippen LogP contribution in [0, 0.1) is 18.2 Å². The first kappa shape index (κ1) is 21.5. The van der Waals surface area contributed by atoms with Crippen molar-refractivity contribution >= 4 is 17.5 Å². The van der Waals surface area contributed by atoms with Crippen LogP contribution >= 0.6 is 0 Å². The zero-order valence-corrected chi connectivity index (χ0v) is 18.7. The lowest BCUT2D eigenvalue weighted by Gasteiger charge is -2.40. The lowest BCUT2D eigenvalue weighted by molar-refractivity contribution is -0.122. The Morgan fingerprint density at radius 3 is 2.55 bits per heavy atom. The van der Waals surface area contributed by atoms with Gasteiger partial charge in [0.1, 0.15) is 11.9 Å². The van der Waals surface area contributed by atoms with Crippen LogP contribution in [-0.2, 0) is 4.79 Å². The number of aryl methyl sites for hydroxylation is 1. The summed E-state index contributed by atoms with van der Waals surface area (Å²) in [6.45, 7) is 11.1. The van der Waals surface area contributed by atoms with Crippen molar-refractivity contribution in [1.82, 2.24) is 9.80 Å². The largest absolute Gasteiger partial charge is 0.324 e. The number of fused-ring (bicyclic) bond motifs is 2. The number of carbonyl (C=O) groups is 2. The zero-order valence-electron chi connectivity index (χ0n) is 18.7. The highest BCUT2D eigenvalue weighted by atomic mass is 19.1. The van der Waals surface area contributed by atoms with Crippen LogP contribution in [0.15, 0.2) is 36.4 Å². The van der Waals surface area contributed by atoms with Gasteiger partial charge in [0, 0.05) is 25.2 Å². The second-order valence-electron chi connectivity index (χ2n) is 9.86. The van der Waals surface area contributed by atoms with Crippen LogP contribution in [0.2, 0.25) is 0 Å². The number of nitrogens with zero attached hydrogens (tertiary/aromatic N) is 2.